The molecular weight excluding hydrogens is 386 g/mol. The Morgan fingerprint density at radius 2 is 1.90 bits per heavy atom. The van der Waals surface area contributed by atoms with Crippen molar-refractivity contribution in [2.45, 2.75) is 13.1 Å². The number of nitrogens with one attached hydrogen (secondary N) is 1. The molecule has 0 bridgehead atoms. The molecule has 0 atom stereocenters. The van der Waals surface area contributed by atoms with Crippen LogP contribution < -0.4 is 5.32 Å². The molecule has 2 rings (SSSR count). The zero-order chi connectivity index (χ0) is 14.5. The molecule has 0 unspecified atom stereocenters. The molecule has 0 saturated carbocycles. The molecule has 0 aromatic heterocycles. The Morgan fingerprint density at radius 1 is 1.10 bits per heavy atom. The van der Waals surface area contributed by atoms with Crippen molar-refractivity contribution in [3.05, 3.63) is 68.1 Å². The second kappa shape index (κ2) is 7.02. The smallest absolute Gasteiger partial charge is 0.335 e. The lowest BCUT2D eigenvalue weighted by atomic mass is 10.1. The highest BCUT2D eigenvalue weighted by molar-refractivity contribution is 9.10. The van der Waals surface area contributed by atoms with Gasteiger partial charge in [0, 0.05) is 22.0 Å². The Kier molecular flexibility index (Phi) is 5.34. The van der Waals surface area contributed by atoms with Crippen molar-refractivity contribution in [1.82, 2.24) is 5.32 Å². The van der Waals surface area contributed by atoms with Gasteiger partial charge in [-0.2, -0.15) is 0 Å². The van der Waals surface area contributed by atoms with Crippen LogP contribution in [0, 0.1) is 0 Å². The van der Waals surface area contributed by atoms with Crippen LogP contribution in [0.2, 0.25) is 0 Å². The van der Waals surface area contributed by atoms with Gasteiger partial charge in [-0.15, -0.1) is 0 Å². The fourth-order valence-electron chi connectivity index (χ4n) is 1.81. The second-order valence-corrected chi connectivity index (χ2v) is 6.11. The summed E-state index contributed by atoms with van der Waals surface area (Å²) in [5.41, 5.74) is 2.51. The molecule has 2 N–H and O–H groups in total. The molecule has 5 heteroatoms. The predicted molar refractivity (Wildman–Crippen MR) is 85.8 cm³/mol. The van der Waals surface area contributed by atoms with Crippen LogP contribution in [0.1, 0.15) is 21.5 Å². The number of carbonyl (C=O) groups is 1. The molecule has 2 aromatic rings. The SMILES string of the molecule is O=C(O)c1ccc(CNCc2cccc(Br)c2)c(Br)c1. The first kappa shape index (κ1) is 15.2. The third-order valence-electron chi connectivity index (χ3n) is 2.83. The van der Waals surface area contributed by atoms with Gasteiger partial charge in [0.2, 0.25) is 0 Å². The first-order valence-electron chi connectivity index (χ1n) is 6.03. The Bertz CT molecular complexity index is 629. The van der Waals surface area contributed by atoms with Crippen LogP contribution in [-0.2, 0) is 13.1 Å². The summed E-state index contributed by atoms with van der Waals surface area (Å²) in [5.74, 6) is -0.917. The third kappa shape index (κ3) is 4.16. The fraction of sp³-hybridized carbons (Fsp3) is 0.133. The third-order valence-corrected chi connectivity index (χ3v) is 4.07. The van der Waals surface area contributed by atoms with E-state index in [4.69, 9.17) is 5.11 Å². The second-order valence-electron chi connectivity index (χ2n) is 4.34. The molecule has 0 amide bonds. The predicted octanol–water partition coefficient (Wildman–Crippen LogP) is 4.20. The standard InChI is InChI=1S/C15H13Br2NO2/c16-13-3-1-2-10(6-13)8-18-9-12-5-4-11(15(19)20)7-14(12)17/h1-7,18H,8-9H2,(H,19,20). The first-order chi connectivity index (χ1) is 9.56. The Balaban J connectivity index is 1.96. The van der Waals surface area contributed by atoms with Crippen molar-refractivity contribution in [1.29, 1.82) is 0 Å². The number of hydrogen-bond donors (Lipinski definition) is 2. The normalized spacial score (nSPS) is 10.5. The summed E-state index contributed by atoms with van der Waals surface area (Å²) in [4.78, 5) is 10.9. The minimum absolute atomic E-state index is 0.285. The number of rotatable bonds is 5. The van der Waals surface area contributed by atoms with Gasteiger partial charge in [0.05, 0.1) is 5.56 Å². The summed E-state index contributed by atoms with van der Waals surface area (Å²) >= 11 is 6.84. The number of hydrogen-bond acceptors (Lipinski definition) is 2. The average molecular weight is 399 g/mol. The molecule has 0 fully saturated rings. The molecule has 0 heterocycles. The fourth-order valence-corrected chi connectivity index (χ4v) is 2.78. The molecule has 104 valence electrons. The van der Waals surface area contributed by atoms with Gasteiger partial charge in [-0.05, 0) is 35.4 Å². The quantitative estimate of drug-likeness (QED) is 0.793. The lowest BCUT2D eigenvalue weighted by Gasteiger charge is -2.08. The summed E-state index contributed by atoms with van der Waals surface area (Å²) < 4.78 is 1.86. The molecule has 0 spiro atoms. The van der Waals surface area contributed by atoms with E-state index >= 15 is 0 Å². The summed E-state index contributed by atoms with van der Waals surface area (Å²) in [6.45, 7) is 1.43. The number of benzene rings is 2. The van der Waals surface area contributed by atoms with Crippen LogP contribution in [0.3, 0.4) is 0 Å². The molecule has 0 aliphatic rings. The topological polar surface area (TPSA) is 49.3 Å². The highest BCUT2D eigenvalue weighted by Gasteiger charge is 2.06. The van der Waals surface area contributed by atoms with Crippen LogP contribution in [0.15, 0.2) is 51.4 Å². The number of aromatic carboxylic acids is 1. The van der Waals surface area contributed by atoms with E-state index in [-0.39, 0.29) is 5.56 Å². The Morgan fingerprint density at radius 3 is 2.55 bits per heavy atom. The largest absolute Gasteiger partial charge is 0.478 e. The maximum atomic E-state index is 10.9. The van der Waals surface area contributed by atoms with E-state index in [1.54, 1.807) is 12.1 Å². The minimum Gasteiger partial charge on any atom is -0.478 e. The van der Waals surface area contributed by atoms with Crippen LogP contribution in [-0.4, -0.2) is 11.1 Å². The zero-order valence-corrected chi connectivity index (χ0v) is 13.7. The van der Waals surface area contributed by atoms with Gasteiger partial charge in [0.1, 0.15) is 0 Å². The summed E-state index contributed by atoms with van der Waals surface area (Å²) in [5, 5.41) is 12.2. The van der Waals surface area contributed by atoms with E-state index < -0.39 is 5.97 Å². The molecule has 0 aliphatic heterocycles. The number of halogens is 2. The van der Waals surface area contributed by atoms with Gasteiger partial charge in [-0.25, -0.2) is 4.79 Å². The maximum Gasteiger partial charge on any atom is 0.335 e. The lowest BCUT2D eigenvalue weighted by molar-refractivity contribution is 0.0697. The van der Waals surface area contributed by atoms with Gasteiger partial charge >= 0.3 is 5.97 Å². The lowest BCUT2D eigenvalue weighted by Crippen LogP contribution is -2.13. The van der Waals surface area contributed by atoms with Crippen molar-refractivity contribution in [3.8, 4) is 0 Å². The van der Waals surface area contributed by atoms with E-state index in [1.807, 2.05) is 18.2 Å². The molecule has 20 heavy (non-hydrogen) atoms. The van der Waals surface area contributed by atoms with E-state index in [1.165, 1.54) is 5.56 Å². The van der Waals surface area contributed by atoms with E-state index in [0.29, 0.717) is 6.54 Å². The summed E-state index contributed by atoms with van der Waals surface area (Å²) in [6.07, 6.45) is 0. The summed E-state index contributed by atoms with van der Waals surface area (Å²) in [6, 6.07) is 13.2. The van der Waals surface area contributed by atoms with Crippen molar-refractivity contribution >= 4 is 37.8 Å². The molecular formula is C15H13Br2NO2. The van der Waals surface area contributed by atoms with E-state index in [0.717, 1.165) is 21.1 Å². The number of carboxylic acid groups (broad SMARTS) is 1. The van der Waals surface area contributed by atoms with E-state index in [9.17, 15) is 4.79 Å². The average Bonchev–Trinajstić information content (AvgIpc) is 2.40. The van der Waals surface area contributed by atoms with Gasteiger partial charge in [-0.3, -0.25) is 0 Å². The van der Waals surface area contributed by atoms with Crippen molar-refractivity contribution < 1.29 is 9.90 Å². The van der Waals surface area contributed by atoms with Gasteiger partial charge in [0.15, 0.2) is 0 Å². The maximum absolute atomic E-state index is 10.9. The Hall–Kier alpha value is -1.17. The minimum atomic E-state index is -0.917. The van der Waals surface area contributed by atoms with Crippen molar-refractivity contribution in [2.75, 3.05) is 0 Å². The van der Waals surface area contributed by atoms with Crippen molar-refractivity contribution in [2.24, 2.45) is 0 Å². The molecule has 0 radical (unpaired) electrons. The molecule has 0 saturated heterocycles. The van der Waals surface area contributed by atoms with Crippen molar-refractivity contribution in [3.63, 3.8) is 0 Å². The molecule has 2 aromatic carbocycles. The monoisotopic (exact) mass is 397 g/mol. The highest BCUT2D eigenvalue weighted by Crippen LogP contribution is 2.19. The van der Waals surface area contributed by atoms with E-state index in [2.05, 4.69) is 49.3 Å². The summed E-state index contributed by atoms with van der Waals surface area (Å²) in [7, 11) is 0. The van der Waals surface area contributed by atoms with Gasteiger partial charge in [-0.1, -0.05) is 50.1 Å². The van der Waals surface area contributed by atoms with Crippen LogP contribution in [0.25, 0.3) is 0 Å². The Labute approximate surface area is 134 Å². The first-order valence-corrected chi connectivity index (χ1v) is 7.62. The zero-order valence-electron chi connectivity index (χ0n) is 10.6. The van der Waals surface area contributed by atoms with Gasteiger partial charge < -0.3 is 10.4 Å². The van der Waals surface area contributed by atoms with Gasteiger partial charge in [0.25, 0.3) is 0 Å². The van der Waals surface area contributed by atoms with Crippen LogP contribution in [0.5, 0.6) is 0 Å². The van der Waals surface area contributed by atoms with Crippen LogP contribution >= 0.6 is 31.9 Å². The molecule has 3 nitrogen and oxygen atoms in total. The highest BCUT2D eigenvalue weighted by atomic mass is 79.9. The molecule has 0 aliphatic carbocycles. The number of carboxylic acids is 1. The van der Waals surface area contributed by atoms with Crippen LogP contribution in [0.4, 0.5) is 0 Å².